The first-order valence-corrected chi connectivity index (χ1v) is 8.32. The van der Waals surface area contributed by atoms with Gasteiger partial charge in [0.25, 0.3) is 0 Å². The molecular weight excluding hydrogens is 323 g/mol. The van der Waals surface area contributed by atoms with E-state index in [1.165, 1.54) is 6.20 Å². The van der Waals surface area contributed by atoms with Crippen molar-refractivity contribution >= 4 is 0 Å². The number of nitrogens with zero attached hydrogens (tertiary/aromatic N) is 2. The molecule has 0 spiro atoms. The Hall–Kier alpha value is -2.18. The Balaban J connectivity index is 1.68. The van der Waals surface area contributed by atoms with E-state index in [1.54, 1.807) is 26.4 Å². The Morgan fingerprint density at radius 1 is 1.16 bits per heavy atom. The van der Waals surface area contributed by atoms with Crippen LogP contribution in [0.25, 0.3) is 0 Å². The van der Waals surface area contributed by atoms with Gasteiger partial charge in [-0.3, -0.25) is 4.90 Å². The molecule has 1 aliphatic rings. The van der Waals surface area contributed by atoms with Crippen LogP contribution in [0.3, 0.4) is 0 Å². The van der Waals surface area contributed by atoms with Crippen LogP contribution in [0.15, 0.2) is 36.5 Å². The maximum atomic E-state index is 13.9. The summed E-state index contributed by atoms with van der Waals surface area (Å²) in [6.07, 6.45) is 2.33. The van der Waals surface area contributed by atoms with Crippen LogP contribution in [0.4, 0.5) is 4.39 Å². The fourth-order valence-corrected chi connectivity index (χ4v) is 3.30. The van der Waals surface area contributed by atoms with Crippen molar-refractivity contribution < 1.29 is 19.0 Å². The fourth-order valence-electron chi connectivity index (χ4n) is 3.30. The van der Waals surface area contributed by atoms with Gasteiger partial charge in [-0.25, -0.2) is 4.98 Å². The standard InChI is InChI=1S/C19H23FN2O3/c1-24-15-10-14(11-16(12-15)25-2)13-22-8-5-19(23,6-9-22)17-4-3-7-21-18(17)20/h3-4,7,10-12,23H,5-6,8-9,13H2,1-2H3. The second kappa shape index (κ2) is 7.37. The zero-order chi connectivity index (χ0) is 17.9. The molecule has 2 heterocycles. The van der Waals surface area contributed by atoms with Crippen molar-refractivity contribution in [1.29, 1.82) is 0 Å². The highest BCUT2D eigenvalue weighted by atomic mass is 19.1. The highest BCUT2D eigenvalue weighted by Crippen LogP contribution is 2.34. The topological polar surface area (TPSA) is 54.8 Å². The van der Waals surface area contributed by atoms with E-state index in [0.717, 1.165) is 23.6 Å². The molecule has 134 valence electrons. The summed E-state index contributed by atoms with van der Waals surface area (Å²) in [6, 6.07) is 9.06. The van der Waals surface area contributed by atoms with Gasteiger partial charge in [0.05, 0.1) is 19.8 Å². The van der Waals surface area contributed by atoms with Crippen molar-refractivity contribution in [2.24, 2.45) is 0 Å². The van der Waals surface area contributed by atoms with Gasteiger partial charge in [-0.05, 0) is 36.6 Å². The fraction of sp³-hybridized carbons (Fsp3) is 0.421. The molecule has 1 fully saturated rings. The van der Waals surface area contributed by atoms with Gasteiger partial charge in [-0.15, -0.1) is 0 Å². The molecule has 0 aliphatic carbocycles. The Morgan fingerprint density at radius 2 is 1.80 bits per heavy atom. The van der Waals surface area contributed by atoms with Crippen LogP contribution in [0, 0.1) is 5.95 Å². The number of piperidine rings is 1. The van der Waals surface area contributed by atoms with Crippen molar-refractivity contribution in [2.45, 2.75) is 25.0 Å². The molecule has 25 heavy (non-hydrogen) atoms. The van der Waals surface area contributed by atoms with Crippen molar-refractivity contribution in [1.82, 2.24) is 9.88 Å². The summed E-state index contributed by atoms with van der Waals surface area (Å²) in [4.78, 5) is 5.89. The van der Waals surface area contributed by atoms with E-state index in [-0.39, 0.29) is 5.56 Å². The van der Waals surface area contributed by atoms with E-state index in [4.69, 9.17) is 9.47 Å². The quantitative estimate of drug-likeness (QED) is 0.844. The predicted octanol–water partition coefficient (Wildman–Crippen LogP) is 2.72. The second-order valence-electron chi connectivity index (χ2n) is 6.37. The molecule has 0 bridgehead atoms. The lowest BCUT2D eigenvalue weighted by molar-refractivity contribution is -0.0308. The first-order chi connectivity index (χ1) is 12.0. The largest absolute Gasteiger partial charge is 0.497 e. The van der Waals surface area contributed by atoms with Gasteiger partial charge in [0.2, 0.25) is 5.95 Å². The van der Waals surface area contributed by atoms with E-state index in [0.29, 0.717) is 25.9 Å². The monoisotopic (exact) mass is 346 g/mol. The zero-order valence-corrected chi connectivity index (χ0v) is 14.5. The van der Waals surface area contributed by atoms with E-state index in [9.17, 15) is 9.50 Å². The minimum absolute atomic E-state index is 0.290. The summed E-state index contributed by atoms with van der Waals surface area (Å²) in [5.74, 6) is 0.913. The molecule has 0 unspecified atom stereocenters. The van der Waals surface area contributed by atoms with Gasteiger partial charge >= 0.3 is 0 Å². The van der Waals surface area contributed by atoms with Crippen LogP contribution in [0.5, 0.6) is 11.5 Å². The molecule has 0 radical (unpaired) electrons. The zero-order valence-electron chi connectivity index (χ0n) is 14.5. The third kappa shape index (κ3) is 3.91. The summed E-state index contributed by atoms with van der Waals surface area (Å²) in [5.41, 5.74) is 0.216. The van der Waals surface area contributed by atoms with E-state index in [2.05, 4.69) is 9.88 Å². The normalized spacial score (nSPS) is 17.3. The number of aromatic nitrogens is 1. The average molecular weight is 346 g/mol. The van der Waals surface area contributed by atoms with Gasteiger partial charge in [0, 0.05) is 37.5 Å². The number of ether oxygens (including phenoxy) is 2. The van der Waals surface area contributed by atoms with Gasteiger partial charge in [0.15, 0.2) is 0 Å². The Morgan fingerprint density at radius 3 is 2.36 bits per heavy atom. The molecule has 0 saturated carbocycles. The van der Waals surface area contributed by atoms with Crippen molar-refractivity contribution in [3.8, 4) is 11.5 Å². The number of rotatable bonds is 5. The molecule has 6 heteroatoms. The number of halogens is 1. The Labute approximate surface area is 147 Å². The van der Waals surface area contributed by atoms with Gasteiger partial charge in [-0.2, -0.15) is 4.39 Å². The summed E-state index contributed by atoms with van der Waals surface area (Å²) in [6.45, 7) is 2.06. The lowest BCUT2D eigenvalue weighted by Gasteiger charge is -2.38. The molecule has 3 rings (SSSR count). The predicted molar refractivity (Wildman–Crippen MR) is 92.1 cm³/mol. The Kier molecular flexibility index (Phi) is 5.20. The summed E-state index contributed by atoms with van der Waals surface area (Å²) in [7, 11) is 3.25. The van der Waals surface area contributed by atoms with Crippen LogP contribution in [0.1, 0.15) is 24.0 Å². The minimum Gasteiger partial charge on any atom is -0.497 e. The molecule has 0 amide bonds. The summed E-state index contributed by atoms with van der Waals surface area (Å²) in [5, 5.41) is 10.8. The molecule has 1 aromatic heterocycles. The number of hydrogen-bond donors (Lipinski definition) is 1. The first kappa shape index (κ1) is 17.6. The SMILES string of the molecule is COc1cc(CN2CCC(O)(c3cccnc3F)CC2)cc(OC)c1. The molecule has 1 saturated heterocycles. The number of benzene rings is 1. The average Bonchev–Trinajstić information content (AvgIpc) is 2.63. The van der Waals surface area contributed by atoms with Crippen molar-refractivity contribution in [3.63, 3.8) is 0 Å². The van der Waals surface area contributed by atoms with Crippen LogP contribution in [-0.4, -0.2) is 42.3 Å². The van der Waals surface area contributed by atoms with Crippen LogP contribution in [0.2, 0.25) is 0 Å². The molecule has 5 nitrogen and oxygen atoms in total. The van der Waals surface area contributed by atoms with E-state index >= 15 is 0 Å². The maximum Gasteiger partial charge on any atom is 0.218 e. The highest BCUT2D eigenvalue weighted by Gasteiger charge is 2.36. The minimum atomic E-state index is -1.15. The number of aliphatic hydroxyl groups is 1. The molecule has 1 aliphatic heterocycles. The maximum absolute atomic E-state index is 13.9. The molecule has 0 atom stereocenters. The molecular formula is C19H23FN2O3. The molecule has 2 aromatic rings. The van der Waals surface area contributed by atoms with Gasteiger partial charge < -0.3 is 14.6 Å². The molecule has 1 aromatic carbocycles. The lowest BCUT2D eigenvalue weighted by atomic mass is 9.85. The van der Waals surface area contributed by atoms with Crippen LogP contribution < -0.4 is 9.47 Å². The smallest absolute Gasteiger partial charge is 0.218 e. The lowest BCUT2D eigenvalue weighted by Crippen LogP contribution is -2.42. The summed E-state index contributed by atoms with van der Waals surface area (Å²) >= 11 is 0. The number of methoxy groups -OCH3 is 2. The third-order valence-electron chi connectivity index (χ3n) is 4.76. The third-order valence-corrected chi connectivity index (χ3v) is 4.76. The van der Waals surface area contributed by atoms with Crippen molar-refractivity contribution in [3.05, 3.63) is 53.6 Å². The van der Waals surface area contributed by atoms with Crippen molar-refractivity contribution in [2.75, 3.05) is 27.3 Å². The second-order valence-corrected chi connectivity index (χ2v) is 6.37. The number of likely N-dealkylation sites (tertiary alicyclic amines) is 1. The van der Waals surface area contributed by atoms with E-state index in [1.807, 2.05) is 18.2 Å². The molecule has 1 N–H and O–H groups in total. The highest BCUT2D eigenvalue weighted by molar-refractivity contribution is 5.38. The summed E-state index contributed by atoms with van der Waals surface area (Å²) < 4.78 is 24.5. The van der Waals surface area contributed by atoms with E-state index < -0.39 is 11.5 Å². The van der Waals surface area contributed by atoms with Gasteiger partial charge in [0.1, 0.15) is 11.5 Å². The number of pyridine rings is 1. The van der Waals surface area contributed by atoms with Gasteiger partial charge in [-0.1, -0.05) is 6.07 Å². The Bertz CT molecular complexity index is 708. The van der Waals surface area contributed by atoms with Crippen LogP contribution in [-0.2, 0) is 12.1 Å². The first-order valence-electron chi connectivity index (χ1n) is 8.32. The number of hydrogen-bond acceptors (Lipinski definition) is 5. The van der Waals surface area contributed by atoms with Crippen LogP contribution >= 0.6 is 0 Å².